The molecule has 4 heteroatoms. The van der Waals surface area contributed by atoms with Gasteiger partial charge in [-0.3, -0.25) is 9.69 Å². The number of carbonyl (C=O) groups excluding carboxylic acids is 1. The first-order chi connectivity index (χ1) is 8.09. The van der Waals surface area contributed by atoms with Crippen LogP contribution in [0, 0.1) is 0 Å². The molecule has 4 atom stereocenters. The molecule has 2 N–H and O–H groups in total. The van der Waals surface area contributed by atoms with Gasteiger partial charge in [0.05, 0.1) is 6.04 Å². The summed E-state index contributed by atoms with van der Waals surface area (Å²) < 4.78 is 0. The Morgan fingerprint density at radius 3 is 2.47 bits per heavy atom. The molecule has 17 heavy (non-hydrogen) atoms. The zero-order valence-electron chi connectivity index (χ0n) is 11.2. The van der Waals surface area contributed by atoms with Crippen LogP contribution >= 0.6 is 0 Å². The average molecular weight is 239 g/mol. The van der Waals surface area contributed by atoms with Crippen molar-refractivity contribution in [2.24, 2.45) is 0 Å². The molecular weight excluding hydrogens is 214 g/mol. The standard InChI is InChI=1S/C13H25N3O/c1-9-4-5-10(2)16(9)11(3)13(17)15-12-6-7-14-8-12/h9-12,14H,4-8H2,1-3H3,(H,15,17). The maximum absolute atomic E-state index is 12.2. The third-order valence-corrected chi connectivity index (χ3v) is 4.25. The number of hydrogen-bond donors (Lipinski definition) is 2. The number of nitrogens with zero attached hydrogens (tertiary/aromatic N) is 1. The van der Waals surface area contributed by atoms with E-state index in [-0.39, 0.29) is 11.9 Å². The molecule has 0 spiro atoms. The van der Waals surface area contributed by atoms with Crippen molar-refractivity contribution in [2.75, 3.05) is 13.1 Å². The highest BCUT2D eigenvalue weighted by atomic mass is 16.2. The average Bonchev–Trinajstić information content (AvgIpc) is 2.89. The Morgan fingerprint density at radius 1 is 1.29 bits per heavy atom. The van der Waals surface area contributed by atoms with E-state index in [0.717, 1.165) is 19.5 Å². The molecule has 0 aromatic carbocycles. The summed E-state index contributed by atoms with van der Waals surface area (Å²) in [5.41, 5.74) is 0. The smallest absolute Gasteiger partial charge is 0.237 e. The fourth-order valence-electron chi connectivity index (χ4n) is 3.21. The van der Waals surface area contributed by atoms with Gasteiger partial charge in [0, 0.05) is 24.7 Å². The second-order valence-electron chi connectivity index (χ2n) is 5.60. The van der Waals surface area contributed by atoms with Crippen molar-refractivity contribution in [2.45, 2.75) is 64.2 Å². The van der Waals surface area contributed by atoms with Gasteiger partial charge in [0.15, 0.2) is 0 Å². The lowest BCUT2D eigenvalue weighted by molar-refractivity contribution is -0.127. The first-order valence-electron chi connectivity index (χ1n) is 6.88. The van der Waals surface area contributed by atoms with Crippen molar-refractivity contribution in [3.8, 4) is 0 Å². The summed E-state index contributed by atoms with van der Waals surface area (Å²) in [5, 5.41) is 6.43. The Labute approximate surface area is 104 Å². The van der Waals surface area contributed by atoms with Gasteiger partial charge < -0.3 is 10.6 Å². The Kier molecular flexibility index (Phi) is 4.05. The Balaban J connectivity index is 1.89. The summed E-state index contributed by atoms with van der Waals surface area (Å²) in [7, 11) is 0. The molecule has 4 nitrogen and oxygen atoms in total. The van der Waals surface area contributed by atoms with Crippen molar-refractivity contribution in [1.82, 2.24) is 15.5 Å². The maximum atomic E-state index is 12.2. The van der Waals surface area contributed by atoms with Crippen LogP contribution in [0.1, 0.15) is 40.0 Å². The van der Waals surface area contributed by atoms with Crippen molar-refractivity contribution >= 4 is 5.91 Å². The Hall–Kier alpha value is -0.610. The molecule has 98 valence electrons. The number of hydrogen-bond acceptors (Lipinski definition) is 3. The van der Waals surface area contributed by atoms with Crippen molar-refractivity contribution in [1.29, 1.82) is 0 Å². The second-order valence-corrected chi connectivity index (χ2v) is 5.60. The number of carbonyl (C=O) groups is 1. The van der Waals surface area contributed by atoms with Gasteiger partial charge in [-0.1, -0.05) is 0 Å². The van der Waals surface area contributed by atoms with Gasteiger partial charge in [-0.15, -0.1) is 0 Å². The summed E-state index contributed by atoms with van der Waals surface area (Å²) in [6.45, 7) is 8.43. The molecule has 2 saturated heterocycles. The zero-order valence-corrected chi connectivity index (χ0v) is 11.2. The van der Waals surface area contributed by atoms with Crippen molar-refractivity contribution < 1.29 is 4.79 Å². The van der Waals surface area contributed by atoms with Crippen LogP contribution in [0.3, 0.4) is 0 Å². The molecule has 2 rings (SSSR count). The van der Waals surface area contributed by atoms with Crippen molar-refractivity contribution in [3.05, 3.63) is 0 Å². The molecule has 4 unspecified atom stereocenters. The van der Waals surface area contributed by atoms with E-state index in [2.05, 4.69) is 29.4 Å². The van der Waals surface area contributed by atoms with Crippen LogP contribution in [-0.4, -0.2) is 48.1 Å². The highest BCUT2D eigenvalue weighted by Gasteiger charge is 2.34. The van der Waals surface area contributed by atoms with Gasteiger partial charge in [-0.25, -0.2) is 0 Å². The quantitative estimate of drug-likeness (QED) is 0.763. The van der Waals surface area contributed by atoms with E-state index in [0.29, 0.717) is 18.1 Å². The van der Waals surface area contributed by atoms with E-state index in [1.807, 2.05) is 6.92 Å². The van der Waals surface area contributed by atoms with E-state index in [9.17, 15) is 4.79 Å². The largest absolute Gasteiger partial charge is 0.351 e. The minimum atomic E-state index is 0.00287. The van der Waals surface area contributed by atoms with E-state index in [4.69, 9.17) is 0 Å². The van der Waals surface area contributed by atoms with Gasteiger partial charge in [-0.05, 0) is 46.6 Å². The van der Waals surface area contributed by atoms with Gasteiger partial charge in [-0.2, -0.15) is 0 Å². The van der Waals surface area contributed by atoms with Crippen molar-refractivity contribution in [3.63, 3.8) is 0 Å². The van der Waals surface area contributed by atoms with Crippen LogP contribution in [-0.2, 0) is 4.79 Å². The predicted octanol–water partition coefficient (Wildman–Crippen LogP) is 0.726. The summed E-state index contributed by atoms with van der Waals surface area (Å²) in [4.78, 5) is 14.6. The van der Waals surface area contributed by atoms with Gasteiger partial charge in [0.1, 0.15) is 0 Å². The molecule has 1 amide bonds. The topological polar surface area (TPSA) is 44.4 Å². The van der Waals surface area contributed by atoms with E-state index < -0.39 is 0 Å². The molecule has 0 aromatic heterocycles. The molecule has 0 aliphatic carbocycles. The fraction of sp³-hybridized carbons (Fsp3) is 0.923. The molecule has 2 heterocycles. The second kappa shape index (κ2) is 5.36. The number of amides is 1. The van der Waals surface area contributed by atoms with Crippen LogP contribution in [0.5, 0.6) is 0 Å². The minimum Gasteiger partial charge on any atom is -0.351 e. The summed E-state index contributed by atoms with van der Waals surface area (Å²) in [6, 6.07) is 1.40. The normalized spacial score (nSPS) is 36.1. The molecule has 0 bridgehead atoms. The molecule has 2 fully saturated rings. The Bertz CT molecular complexity index is 266. The van der Waals surface area contributed by atoms with Crippen LogP contribution in [0.4, 0.5) is 0 Å². The van der Waals surface area contributed by atoms with Gasteiger partial charge >= 0.3 is 0 Å². The minimum absolute atomic E-state index is 0.00287. The van der Waals surface area contributed by atoms with Crippen LogP contribution in [0.25, 0.3) is 0 Å². The lowest BCUT2D eigenvalue weighted by Gasteiger charge is -2.32. The van der Waals surface area contributed by atoms with Crippen LogP contribution in [0.15, 0.2) is 0 Å². The van der Waals surface area contributed by atoms with Gasteiger partial charge in [0.2, 0.25) is 5.91 Å². The molecule has 0 aromatic rings. The number of likely N-dealkylation sites (tertiary alicyclic amines) is 1. The summed E-state index contributed by atoms with van der Waals surface area (Å²) >= 11 is 0. The number of nitrogens with one attached hydrogen (secondary N) is 2. The lowest BCUT2D eigenvalue weighted by atomic mass is 10.2. The van der Waals surface area contributed by atoms with E-state index >= 15 is 0 Å². The third-order valence-electron chi connectivity index (χ3n) is 4.25. The summed E-state index contributed by atoms with van der Waals surface area (Å²) in [5.74, 6) is 0.194. The Morgan fingerprint density at radius 2 is 1.94 bits per heavy atom. The molecule has 2 aliphatic heterocycles. The molecule has 2 aliphatic rings. The van der Waals surface area contributed by atoms with E-state index in [1.54, 1.807) is 0 Å². The highest BCUT2D eigenvalue weighted by Crippen LogP contribution is 2.25. The van der Waals surface area contributed by atoms with Crippen LogP contribution < -0.4 is 10.6 Å². The zero-order chi connectivity index (χ0) is 12.4. The maximum Gasteiger partial charge on any atom is 0.237 e. The number of rotatable bonds is 3. The van der Waals surface area contributed by atoms with Gasteiger partial charge in [0.25, 0.3) is 0 Å². The highest BCUT2D eigenvalue weighted by molar-refractivity contribution is 5.81. The first kappa shape index (κ1) is 12.8. The van der Waals surface area contributed by atoms with E-state index in [1.165, 1.54) is 12.8 Å². The SMILES string of the molecule is CC1CCC(C)N1C(C)C(=O)NC1CCNC1. The fourth-order valence-corrected chi connectivity index (χ4v) is 3.21. The first-order valence-corrected chi connectivity index (χ1v) is 6.88. The van der Waals surface area contributed by atoms with Crippen LogP contribution in [0.2, 0.25) is 0 Å². The third kappa shape index (κ3) is 2.80. The predicted molar refractivity (Wildman–Crippen MR) is 68.9 cm³/mol. The molecular formula is C13H25N3O. The monoisotopic (exact) mass is 239 g/mol. The summed E-state index contributed by atoms with van der Waals surface area (Å²) in [6.07, 6.45) is 3.48. The lowest BCUT2D eigenvalue weighted by Crippen LogP contribution is -2.51. The molecule has 0 radical (unpaired) electrons. The molecule has 0 saturated carbocycles.